The van der Waals surface area contributed by atoms with Crippen LogP contribution in [0.3, 0.4) is 0 Å². The zero-order valence-corrected chi connectivity index (χ0v) is 19.1. The molecule has 0 amide bonds. The fraction of sp³-hybridized carbons (Fsp3) is 0.600. The lowest BCUT2D eigenvalue weighted by molar-refractivity contribution is -0.0746. The summed E-state index contributed by atoms with van der Waals surface area (Å²) in [6.45, 7) is 0.621. The van der Waals surface area contributed by atoms with Gasteiger partial charge in [-0.25, -0.2) is 14.2 Å². The van der Waals surface area contributed by atoms with Gasteiger partial charge in [0, 0.05) is 19.6 Å². The lowest BCUT2D eigenvalue weighted by Gasteiger charge is -2.59. The van der Waals surface area contributed by atoms with E-state index in [2.05, 4.69) is 16.4 Å². The highest BCUT2D eigenvalue weighted by Gasteiger charge is 2.59. The Bertz CT molecular complexity index is 1370. The molecule has 5 aliphatic carbocycles. The number of anilines is 1. The first kappa shape index (κ1) is 20.4. The summed E-state index contributed by atoms with van der Waals surface area (Å²) < 4.78 is 23.7. The van der Waals surface area contributed by atoms with Crippen molar-refractivity contribution in [2.45, 2.75) is 56.6 Å². The summed E-state index contributed by atoms with van der Waals surface area (Å²) in [5.74, 6) is 0.953. The Kier molecular flexibility index (Phi) is 4.07. The molecular weight excluding hydrogens is 435 g/mol. The van der Waals surface area contributed by atoms with Crippen LogP contribution >= 0.6 is 0 Å². The van der Waals surface area contributed by atoms with E-state index in [9.17, 15) is 14.4 Å². The number of hydrogen-bond acceptors (Lipinski definition) is 6. The maximum atomic E-state index is 14.7. The minimum atomic E-state index is -0.397. The maximum Gasteiger partial charge on any atom is 0.330 e. The van der Waals surface area contributed by atoms with E-state index in [0.717, 1.165) is 38.5 Å². The van der Waals surface area contributed by atoms with Crippen molar-refractivity contribution < 1.29 is 9.13 Å². The predicted molar refractivity (Wildman–Crippen MR) is 122 cm³/mol. The van der Waals surface area contributed by atoms with E-state index >= 15 is 0 Å². The van der Waals surface area contributed by atoms with Gasteiger partial charge >= 0.3 is 5.69 Å². The zero-order valence-electron chi connectivity index (χ0n) is 19.1. The van der Waals surface area contributed by atoms with E-state index in [4.69, 9.17) is 9.72 Å². The van der Waals surface area contributed by atoms with Gasteiger partial charge in [0.05, 0.1) is 35.0 Å². The van der Waals surface area contributed by atoms with E-state index in [-0.39, 0.29) is 34.9 Å². The lowest BCUT2D eigenvalue weighted by atomic mass is 9.47. The summed E-state index contributed by atoms with van der Waals surface area (Å²) in [6, 6.07) is 2.63. The molecule has 2 aromatic heterocycles. The molecule has 8 nitrogen and oxygen atoms in total. The highest BCUT2D eigenvalue weighted by Crippen LogP contribution is 2.64. The minimum Gasteiger partial charge on any atom is -0.373 e. The van der Waals surface area contributed by atoms with Gasteiger partial charge in [0.2, 0.25) is 5.95 Å². The van der Waals surface area contributed by atoms with Crippen LogP contribution in [0, 0.1) is 34.5 Å². The summed E-state index contributed by atoms with van der Waals surface area (Å²) in [4.78, 5) is 22.7. The maximum absolute atomic E-state index is 14.7. The molecule has 6 aliphatic rings. The largest absolute Gasteiger partial charge is 0.373 e. The van der Waals surface area contributed by atoms with Crippen LogP contribution in [-0.2, 0) is 17.3 Å². The van der Waals surface area contributed by atoms with Crippen molar-refractivity contribution in [2.75, 3.05) is 11.9 Å². The number of nitrogens with one attached hydrogen (secondary N) is 1. The molecular formula is C25H27FN6O2. The molecule has 3 heterocycles. The van der Waals surface area contributed by atoms with Gasteiger partial charge in [0.15, 0.2) is 5.65 Å². The van der Waals surface area contributed by atoms with Gasteiger partial charge in [-0.2, -0.15) is 10.2 Å². The first-order chi connectivity index (χ1) is 16.4. The molecule has 5 fully saturated rings. The van der Waals surface area contributed by atoms with Gasteiger partial charge in [0.25, 0.3) is 0 Å². The second-order valence-corrected chi connectivity index (χ2v) is 11.2. The first-order valence-corrected chi connectivity index (χ1v) is 12.2. The number of ether oxygens (including phenoxy) is 1. The van der Waals surface area contributed by atoms with Gasteiger partial charge in [-0.05, 0) is 62.9 Å². The van der Waals surface area contributed by atoms with Gasteiger partial charge in [-0.3, -0.25) is 9.13 Å². The first-order valence-electron chi connectivity index (χ1n) is 12.2. The summed E-state index contributed by atoms with van der Waals surface area (Å²) in [5, 5.41) is 13.1. The van der Waals surface area contributed by atoms with Crippen LogP contribution in [0.5, 0.6) is 0 Å². The van der Waals surface area contributed by atoms with E-state index in [0.29, 0.717) is 41.7 Å². The second-order valence-electron chi connectivity index (χ2n) is 11.2. The van der Waals surface area contributed by atoms with E-state index in [1.165, 1.54) is 6.08 Å². The number of aryl methyl sites for hydroxylation is 1. The number of allylic oxidation sites excluding steroid dienone is 1. The van der Waals surface area contributed by atoms with Crippen molar-refractivity contribution in [3.8, 4) is 6.07 Å². The Labute approximate surface area is 196 Å². The summed E-state index contributed by atoms with van der Waals surface area (Å²) in [6.07, 6.45) is 11.2. The number of fused-ring (bicyclic) bond motifs is 2. The Balaban J connectivity index is 1.32. The molecule has 0 aromatic carbocycles. The predicted octanol–water partition coefficient (Wildman–Crippen LogP) is 3.52. The number of imidazole rings is 1. The summed E-state index contributed by atoms with van der Waals surface area (Å²) >= 11 is 0. The number of nitriles is 1. The highest BCUT2D eigenvalue weighted by atomic mass is 19.1. The van der Waals surface area contributed by atoms with Gasteiger partial charge < -0.3 is 10.1 Å². The average molecular weight is 463 g/mol. The highest BCUT2D eigenvalue weighted by molar-refractivity contribution is 5.73. The summed E-state index contributed by atoms with van der Waals surface area (Å²) in [5.41, 5.74) is 0.685. The van der Waals surface area contributed by atoms with Crippen molar-refractivity contribution in [2.24, 2.45) is 30.2 Å². The van der Waals surface area contributed by atoms with E-state index < -0.39 is 5.54 Å². The van der Waals surface area contributed by atoms with Gasteiger partial charge in [-0.1, -0.05) is 6.08 Å². The van der Waals surface area contributed by atoms with Crippen LogP contribution < -0.4 is 11.0 Å². The van der Waals surface area contributed by atoms with Gasteiger partial charge in [-0.15, -0.1) is 0 Å². The molecule has 1 saturated heterocycles. The fourth-order valence-corrected chi connectivity index (χ4v) is 7.93. The van der Waals surface area contributed by atoms with Crippen LogP contribution in [0.4, 0.5) is 10.3 Å². The average Bonchev–Trinajstić information content (AvgIpc) is 3.35. The molecule has 1 N–H and O–H groups in total. The van der Waals surface area contributed by atoms with Crippen LogP contribution in [0.25, 0.3) is 11.2 Å². The molecule has 4 bridgehead atoms. The van der Waals surface area contributed by atoms with Gasteiger partial charge in [0.1, 0.15) is 11.3 Å². The van der Waals surface area contributed by atoms with Crippen molar-refractivity contribution in [1.29, 1.82) is 5.26 Å². The lowest BCUT2D eigenvalue weighted by Crippen LogP contribution is -2.58. The fourth-order valence-electron chi connectivity index (χ4n) is 7.93. The molecule has 34 heavy (non-hydrogen) atoms. The molecule has 8 rings (SSSR count). The van der Waals surface area contributed by atoms with Crippen LogP contribution in [0.1, 0.15) is 44.9 Å². The quantitative estimate of drug-likeness (QED) is 0.750. The number of halogens is 1. The third kappa shape index (κ3) is 2.75. The normalized spacial score (nSPS) is 37.9. The van der Waals surface area contributed by atoms with Crippen molar-refractivity contribution in [1.82, 2.24) is 19.1 Å². The Hall–Kier alpha value is -2.99. The SMILES string of the molecule is Cn1c(=O)n(C23CC4CC(CC(C#N)(C4)C2)C3)c2nc(NC3=CC4CCOC4C=C3F)ncc21. The van der Waals surface area contributed by atoms with Crippen molar-refractivity contribution in [3.05, 3.63) is 40.4 Å². The van der Waals surface area contributed by atoms with Crippen LogP contribution in [-0.4, -0.2) is 31.8 Å². The molecule has 176 valence electrons. The minimum absolute atomic E-state index is 0.120. The molecule has 0 spiro atoms. The molecule has 1 aliphatic heterocycles. The smallest absolute Gasteiger partial charge is 0.330 e. The number of aromatic nitrogens is 4. The standard InChI is InChI=1S/C25H27FN6O2/c1-31-19-11-28-22(29-18-5-16-2-3-34-20(16)6-17(18)26)30-21(19)32(23(31)33)25-9-14-4-15(10-25)8-24(7-14,12-25)13-27/h5-6,11,14-16,20H,2-4,7-10,12H2,1H3,(H,28,29,30). The third-order valence-corrected chi connectivity index (χ3v) is 8.92. The molecule has 4 atom stereocenters. The van der Waals surface area contributed by atoms with Crippen molar-refractivity contribution >= 4 is 17.1 Å². The van der Waals surface area contributed by atoms with Crippen LogP contribution in [0.2, 0.25) is 0 Å². The van der Waals surface area contributed by atoms with E-state index in [1.54, 1.807) is 17.8 Å². The molecule has 9 heteroatoms. The molecule has 2 aromatic rings. The number of hydrogen-bond donors (Lipinski definition) is 1. The van der Waals surface area contributed by atoms with Crippen LogP contribution in [0.15, 0.2) is 34.7 Å². The monoisotopic (exact) mass is 462 g/mol. The Morgan fingerprint density at radius 1 is 1.26 bits per heavy atom. The molecule has 0 radical (unpaired) electrons. The molecule has 4 saturated carbocycles. The van der Waals surface area contributed by atoms with E-state index in [1.807, 2.05) is 10.6 Å². The number of nitrogens with zero attached hydrogens (tertiary/aromatic N) is 5. The Morgan fingerprint density at radius 3 is 2.82 bits per heavy atom. The molecule has 4 unspecified atom stereocenters. The zero-order chi connectivity index (χ0) is 23.2. The second kappa shape index (κ2) is 6.79. The topological polar surface area (TPSA) is 97.8 Å². The summed E-state index contributed by atoms with van der Waals surface area (Å²) in [7, 11) is 1.74. The number of rotatable bonds is 3. The third-order valence-electron chi connectivity index (χ3n) is 8.92. The van der Waals surface area contributed by atoms with Crippen molar-refractivity contribution in [3.63, 3.8) is 0 Å². The Morgan fingerprint density at radius 2 is 2.06 bits per heavy atom.